The van der Waals surface area contributed by atoms with Crippen LogP contribution < -0.4 is 11.1 Å². The molecule has 0 bridgehead atoms. The zero-order chi connectivity index (χ0) is 14.1. The number of rotatable bonds is 6. The second kappa shape index (κ2) is 8.47. The predicted molar refractivity (Wildman–Crippen MR) is 74.5 cm³/mol. The number of nitrogens with one attached hydrogen (secondary N) is 2. The van der Waals surface area contributed by atoms with E-state index >= 15 is 0 Å². The van der Waals surface area contributed by atoms with Crippen LogP contribution in [0.2, 0.25) is 0 Å². The highest BCUT2D eigenvalue weighted by Gasteiger charge is 2.14. The molecule has 0 fully saturated rings. The van der Waals surface area contributed by atoms with Gasteiger partial charge in [-0.2, -0.15) is 0 Å². The molecule has 1 unspecified atom stereocenters. The van der Waals surface area contributed by atoms with Crippen molar-refractivity contribution in [1.29, 1.82) is 5.41 Å². The van der Waals surface area contributed by atoms with Crippen molar-refractivity contribution in [3.05, 3.63) is 23.5 Å². The van der Waals surface area contributed by atoms with E-state index in [1.807, 2.05) is 26.8 Å². The van der Waals surface area contributed by atoms with E-state index in [4.69, 9.17) is 16.2 Å². The third-order valence-electron chi connectivity index (χ3n) is 2.56. The van der Waals surface area contributed by atoms with Crippen molar-refractivity contribution in [2.45, 2.75) is 46.1 Å². The Morgan fingerprint density at radius 1 is 1.50 bits per heavy atom. The molecule has 0 radical (unpaired) electrons. The van der Waals surface area contributed by atoms with Crippen molar-refractivity contribution in [2.75, 3.05) is 0 Å². The number of amidine groups is 1. The van der Waals surface area contributed by atoms with E-state index in [0.29, 0.717) is 6.42 Å². The van der Waals surface area contributed by atoms with Gasteiger partial charge in [-0.15, -0.1) is 0 Å². The van der Waals surface area contributed by atoms with Gasteiger partial charge in [0, 0.05) is 5.57 Å². The van der Waals surface area contributed by atoms with Crippen LogP contribution >= 0.6 is 0 Å². The Morgan fingerprint density at radius 2 is 2.11 bits per heavy atom. The highest BCUT2D eigenvalue weighted by molar-refractivity contribution is 6.04. The van der Waals surface area contributed by atoms with E-state index in [0.717, 1.165) is 18.4 Å². The molecule has 0 aliphatic heterocycles. The number of hydrogen-bond acceptors (Lipinski definition) is 3. The summed E-state index contributed by atoms with van der Waals surface area (Å²) in [5.41, 5.74) is 6.47. The molecule has 0 aromatic heterocycles. The lowest BCUT2D eigenvalue weighted by Gasteiger charge is -2.10. The number of hydrogen-bond donors (Lipinski definition) is 3. The van der Waals surface area contributed by atoms with Gasteiger partial charge < -0.3 is 16.2 Å². The van der Waals surface area contributed by atoms with Gasteiger partial charge in [-0.3, -0.25) is 10.2 Å². The monoisotopic (exact) mass is 254 g/mol. The summed E-state index contributed by atoms with van der Waals surface area (Å²) in [7, 11) is 0. The average Bonchev–Trinajstić information content (AvgIpc) is 2.30. The largest absolute Gasteiger partial charge is 0.593 e. The van der Waals surface area contributed by atoms with E-state index in [2.05, 4.69) is 5.32 Å². The van der Waals surface area contributed by atoms with Gasteiger partial charge in [0.15, 0.2) is 0 Å². The van der Waals surface area contributed by atoms with Gasteiger partial charge >= 0.3 is 0 Å². The molecule has 0 aliphatic carbocycles. The van der Waals surface area contributed by atoms with Crippen molar-refractivity contribution in [3.63, 3.8) is 0 Å². The van der Waals surface area contributed by atoms with Gasteiger partial charge in [-0.1, -0.05) is 26.3 Å². The summed E-state index contributed by atoms with van der Waals surface area (Å²) in [6, 6.07) is -0.592. The van der Waals surface area contributed by atoms with Crippen LogP contribution in [0.4, 0.5) is 0 Å². The second-order valence-corrected chi connectivity index (χ2v) is 4.02. The molecule has 0 heterocycles. The molecule has 0 aromatic carbocycles. The molecular formula is C13H24N3O2+. The molecule has 6 N–H and O–H groups in total. The number of carbonyl (C=O) groups excluding carboxylic acids is 1. The lowest BCUT2D eigenvalue weighted by atomic mass is 10.1. The fourth-order valence-electron chi connectivity index (χ4n) is 1.49. The van der Waals surface area contributed by atoms with Crippen LogP contribution in [0.25, 0.3) is 0 Å². The Balaban J connectivity index is 4.51. The fourth-order valence-corrected chi connectivity index (χ4v) is 1.49. The molecule has 0 aromatic rings. The summed E-state index contributed by atoms with van der Waals surface area (Å²) in [5, 5.41) is 17.8. The summed E-state index contributed by atoms with van der Waals surface area (Å²) >= 11 is 0. The maximum atomic E-state index is 11.6. The van der Waals surface area contributed by atoms with E-state index in [-0.39, 0.29) is 17.5 Å². The van der Waals surface area contributed by atoms with E-state index in [1.54, 1.807) is 0 Å². The number of carbonyl (C=O) groups is 1. The highest BCUT2D eigenvalue weighted by atomic mass is 16.3. The molecule has 5 nitrogen and oxygen atoms in total. The van der Waals surface area contributed by atoms with Gasteiger partial charge in [0.25, 0.3) is 5.76 Å². The van der Waals surface area contributed by atoms with Crippen LogP contribution in [0.1, 0.15) is 40.0 Å². The Labute approximate surface area is 108 Å². The third-order valence-corrected chi connectivity index (χ3v) is 2.56. The van der Waals surface area contributed by atoms with Crippen LogP contribution in [-0.2, 0) is 4.79 Å². The topological polar surface area (TPSA) is 102 Å². The van der Waals surface area contributed by atoms with E-state index < -0.39 is 6.04 Å². The van der Waals surface area contributed by atoms with Crippen molar-refractivity contribution in [1.82, 2.24) is 5.32 Å². The zero-order valence-corrected chi connectivity index (χ0v) is 11.3. The van der Waals surface area contributed by atoms with Gasteiger partial charge in [-0.05, 0) is 19.8 Å². The molecule has 0 aliphatic rings. The standard InChI is InChI=1S/C13H23N3O2/c1-4-7-10(14)13(18)16-12(15)8-11(17)9(5-2)6-3/h5,8,10,17H,4,6-7,14H2,1-3H3,(H2,15,16,18)/p+1/b9-5+,11-8-. The Bertz CT molecular complexity index is 359. The number of nitrogens with two attached hydrogens (primary N) is 1. The Morgan fingerprint density at radius 3 is 2.56 bits per heavy atom. The van der Waals surface area contributed by atoms with Crippen molar-refractivity contribution in [2.24, 2.45) is 5.73 Å². The van der Waals surface area contributed by atoms with Gasteiger partial charge in [0.2, 0.25) is 5.91 Å². The van der Waals surface area contributed by atoms with Crippen LogP contribution in [0.3, 0.4) is 0 Å². The van der Waals surface area contributed by atoms with E-state index in [1.165, 1.54) is 6.08 Å². The minimum Gasteiger partial charge on any atom is -0.593 e. The molecule has 0 saturated heterocycles. The Kier molecular flexibility index (Phi) is 7.71. The lowest BCUT2D eigenvalue weighted by Crippen LogP contribution is -2.42. The quantitative estimate of drug-likeness (QED) is 0.218. The summed E-state index contributed by atoms with van der Waals surface area (Å²) in [6.45, 7) is 5.73. The van der Waals surface area contributed by atoms with Crippen molar-refractivity contribution >= 4 is 11.7 Å². The normalized spacial score (nSPS) is 14.2. The van der Waals surface area contributed by atoms with Crippen LogP contribution in [-0.4, -0.2) is 22.9 Å². The predicted octanol–water partition coefficient (Wildman–Crippen LogP) is 1.17. The minimum absolute atomic E-state index is 0.0932. The molecule has 18 heavy (non-hydrogen) atoms. The molecule has 0 spiro atoms. The average molecular weight is 254 g/mol. The SMILES string of the molecule is C/C=C(CC)/C([OH2+])=C/C(=N)NC(=O)C(N)CCC. The first-order chi connectivity index (χ1) is 8.46. The van der Waals surface area contributed by atoms with E-state index in [9.17, 15) is 4.79 Å². The minimum atomic E-state index is -0.592. The fraction of sp³-hybridized carbons (Fsp3) is 0.538. The summed E-state index contributed by atoms with van der Waals surface area (Å²) in [6.07, 6.45) is 5.29. The van der Waals surface area contributed by atoms with Crippen molar-refractivity contribution < 1.29 is 9.90 Å². The maximum absolute atomic E-state index is 11.6. The molecule has 1 atom stereocenters. The van der Waals surface area contributed by atoms with Crippen LogP contribution in [0.5, 0.6) is 0 Å². The number of amides is 1. The van der Waals surface area contributed by atoms with Crippen LogP contribution in [0.15, 0.2) is 23.5 Å². The molecule has 0 saturated carbocycles. The van der Waals surface area contributed by atoms with Crippen molar-refractivity contribution in [3.8, 4) is 0 Å². The van der Waals surface area contributed by atoms with Gasteiger partial charge in [0.1, 0.15) is 5.84 Å². The molecule has 5 heteroatoms. The second-order valence-electron chi connectivity index (χ2n) is 4.02. The molecule has 0 rings (SSSR count). The smallest absolute Gasteiger partial charge is 0.260 e. The first kappa shape index (κ1) is 16.4. The highest BCUT2D eigenvalue weighted by Crippen LogP contribution is 2.10. The van der Waals surface area contributed by atoms with Gasteiger partial charge in [-0.25, -0.2) is 0 Å². The maximum Gasteiger partial charge on any atom is 0.260 e. The third kappa shape index (κ3) is 5.63. The summed E-state index contributed by atoms with van der Waals surface area (Å²) < 4.78 is 0. The molecular weight excluding hydrogens is 230 g/mol. The lowest BCUT2D eigenvalue weighted by molar-refractivity contribution is -0.121. The number of allylic oxidation sites excluding steroid dienone is 2. The van der Waals surface area contributed by atoms with Crippen LogP contribution in [0, 0.1) is 5.41 Å². The summed E-state index contributed by atoms with van der Waals surface area (Å²) in [4.78, 5) is 11.6. The molecule has 1 amide bonds. The Hall–Kier alpha value is -1.62. The molecule has 102 valence electrons. The first-order valence-corrected chi connectivity index (χ1v) is 6.20. The van der Waals surface area contributed by atoms with Gasteiger partial charge in [0.05, 0.1) is 12.1 Å². The zero-order valence-electron chi connectivity index (χ0n) is 11.3. The summed E-state index contributed by atoms with van der Waals surface area (Å²) in [5.74, 6) is -0.219. The first-order valence-electron chi connectivity index (χ1n) is 6.20.